The Morgan fingerprint density at radius 2 is 1.79 bits per heavy atom. The lowest BCUT2D eigenvalue weighted by atomic mass is 9.59. The van der Waals surface area contributed by atoms with Gasteiger partial charge in [0, 0.05) is 49.0 Å². The number of H-pyrrole nitrogens is 1. The molecule has 13 nitrogen and oxygen atoms in total. The third kappa shape index (κ3) is 9.24. The van der Waals surface area contributed by atoms with E-state index in [4.69, 9.17) is 21.1 Å². The molecule has 324 valence electrons. The Kier molecular flexibility index (Phi) is 12.1. The lowest BCUT2D eigenvalue weighted by Gasteiger charge is -2.47. The number of sulfonamides is 1. The number of nitrogens with zero attached hydrogens (tertiary/aromatic N) is 3. The summed E-state index contributed by atoms with van der Waals surface area (Å²) in [5.74, 6) is 0.0932. The normalized spacial score (nSPS) is 18.7. The van der Waals surface area contributed by atoms with Crippen LogP contribution in [0.15, 0.2) is 95.7 Å². The van der Waals surface area contributed by atoms with E-state index in [1.807, 2.05) is 30.3 Å². The van der Waals surface area contributed by atoms with Crippen LogP contribution in [-0.2, 0) is 14.8 Å². The number of amides is 1. The summed E-state index contributed by atoms with van der Waals surface area (Å²) in [6, 6.07) is 20.9. The molecule has 4 heterocycles. The highest BCUT2D eigenvalue weighted by Gasteiger charge is 2.41. The first kappa shape index (κ1) is 42.0. The maximum Gasteiger partial charge on any atom is 0.293 e. The van der Waals surface area contributed by atoms with Crippen molar-refractivity contribution < 1.29 is 27.6 Å². The Hall–Kier alpha value is -5.28. The fourth-order valence-electron chi connectivity index (χ4n) is 9.67. The molecule has 3 fully saturated rings. The summed E-state index contributed by atoms with van der Waals surface area (Å²) in [6.45, 7) is 4.51. The number of carbonyl (C=O) groups excluding carboxylic acids is 1. The molecule has 2 saturated heterocycles. The second kappa shape index (κ2) is 17.8. The number of nitro benzene ring substituents is 1. The highest BCUT2D eigenvalue weighted by molar-refractivity contribution is 7.90. The average Bonchev–Trinajstić information content (AvgIpc) is 3.74. The number of nitro groups is 1. The fraction of sp³-hybridized carbons (Fsp3) is 0.404. The van der Waals surface area contributed by atoms with E-state index in [1.165, 1.54) is 54.5 Å². The molecule has 1 saturated carbocycles. The second-order valence-corrected chi connectivity index (χ2v) is 19.5. The molecule has 1 spiro atoms. The molecule has 2 aromatic heterocycles. The van der Waals surface area contributed by atoms with Crippen LogP contribution in [0.1, 0.15) is 91.6 Å². The van der Waals surface area contributed by atoms with E-state index in [-0.39, 0.29) is 28.8 Å². The van der Waals surface area contributed by atoms with Gasteiger partial charge >= 0.3 is 0 Å². The molecule has 4 aliphatic rings. The zero-order valence-electron chi connectivity index (χ0n) is 34.5. The minimum Gasteiger partial charge on any atom is -0.455 e. The van der Waals surface area contributed by atoms with Gasteiger partial charge < -0.3 is 19.8 Å². The van der Waals surface area contributed by atoms with Gasteiger partial charge in [0.15, 0.2) is 0 Å². The van der Waals surface area contributed by atoms with Crippen LogP contribution in [0.5, 0.6) is 11.5 Å². The first-order valence-corrected chi connectivity index (χ1v) is 23.5. The standard InChI is InChI=1S/C47H51ClN6O7S/c48-37-5-2-33(3-6-37)41-27-47(16-1-17-47)18-10-36(41)30-53-20-12-32(13-21-53)34-4-8-40(44(25-34)61-38-24-35-11-19-49-45(35)51-29-38)46(55)52-62(58,59)39-7-9-42(43(26-39)54(56)57)50-28-31-14-22-60-23-15-31/h2-9,11,19,24-26,29,31-32,50H,1,10,12-18,20-23,27-28,30H2,(H,49,51)(H,52,55). The number of benzene rings is 3. The minimum absolute atomic E-state index is 0.00336. The molecule has 2 aliphatic heterocycles. The zero-order chi connectivity index (χ0) is 42.8. The molecule has 15 heteroatoms. The number of likely N-dealkylation sites (tertiary alicyclic amines) is 1. The number of aromatic nitrogens is 2. The Bertz CT molecular complexity index is 2610. The first-order valence-electron chi connectivity index (χ1n) is 21.6. The number of carbonyl (C=O) groups is 1. The molecule has 62 heavy (non-hydrogen) atoms. The van der Waals surface area contributed by atoms with Crippen LogP contribution in [0.25, 0.3) is 16.6 Å². The molecule has 3 aromatic carbocycles. The van der Waals surface area contributed by atoms with Crippen molar-refractivity contribution in [2.24, 2.45) is 11.3 Å². The molecular weight excluding hydrogens is 828 g/mol. The smallest absolute Gasteiger partial charge is 0.293 e. The molecule has 0 bridgehead atoms. The number of fused-ring (bicyclic) bond motifs is 1. The molecule has 1 amide bonds. The topological polar surface area (TPSA) is 169 Å². The van der Waals surface area contributed by atoms with Crippen LogP contribution in [0.4, 0.5) is 11.4 Å². The van der Waals surface area contributed by atoms with E-state index >= 15 is 0 Å². The summed E-state index contributed by atoms with van der Waals surface area (Å²) in [5, 5.41) is 16.8. The molecule has 0 radical (unpaired) electrons. The zero-order valence-corrected chi connectivity index (χ0v) is 36.1. The number of pyridine rings is 1. The maximum absolute atomic E-state index is 13.9. The summed E-state index contributed by atoms with van der Waals surface area (Å²) in [6.07, 6.45) is 14.3. The molecule has 2 aliphatic carbocycles. The number of piperidine rings is 1. The van der Waals surface area contributed by atoms with Crippen molar-refractivity contribution in [1.29, 1.82) is 0 Å². The molecule has 9 rings (SSSR count). The van der Waals surface area contributed by atoms with Crippen molar-refractivity contribution in [3.63, 3.8) is 0 Å². The largest absolute Gasteiger partial charge is 0.455 e. The number of rotatable bonds is 13. The summed E-state index contributed by atoms with van der Waals surface area (Å²) in [5.41, 5.74) is 6.22. The van der Waals surface area contributed by atoms with Gasteiger partial charge in [-0.1, -0.05) is 41.8 Å². The number of hydrogen-bond donors (Lipinski definition) is 3. The molecule has 0 atom stereocenters. The number of allylic oxidation sites excluding steroid dienone is 1. The van der Waals surface area contributed by atoms with Crippen LogP contribution >= 0.6 is 11.6 Å². The number of anilines is 1. The van der Waals surface area contributed by atoms with Crippen LogP contribution < -0.4 is 14.8 Å². The van der Waals surface area contributed by atoms with Crippen molar-refractivity contribution in [2.75, 3.05) is 44.7 Å². The van der Waals surface area contributed by atoms with Crippen molar-refractivity contribution in [1.82, 2.24) is 19.6 Å². The monoisotopic (exact) mass is 878 g/mol. The van der Waals surface area contributed by atoms with Gasteiger partial charge in [-0.05, 0) is 153 Å². The Morgan fingerprint density at radius 3 is 2.53 bits per heavy atom. The van der Waals surface area contributed by atoms with E-state index in [1.54, 1.807) is 24.5 Å². The SMILES string of the molecule is O=C(NS(=O)(=O)c1ccc(NCC2CCOCC2)c([N+](=O)[O-])c1)c1ccc(C2CCN(CC3=C(c4ccc(Cl)cc4)CC4(CCC4)CC3)CC2)cc1Oc1cnc2[nH]ccc2c1. The van der Waals surface area contributed by atoms with Crippen LogP contribution in [0.3, 0.4) is 0 Å². The van der Waals surface area contributed by atoms with Crippen molar-refractivity contribution in [3.05, 3.63) is 123 Å². The lowest BCUT2D eigenvalue weighted by molar-refractivity contribution is -0.384. The highest BCUT2D eigenvalue weighted by atomic mass is 35.5. The van der Waals surface area contributed by atoms with E-state index < -0.39 is 31.4 Å². The Morgan fingerprint density at radius 1 is 1.00 bits per heavy atom. The van der Waals surface area contributed by atoms with E-state index in [2.05, 4.69) is 37.0 Å². The third-order valence-electron chi connectivity index (χ3n) is 13.5. The lowest BCUT2D eigenvalue weighted by Crippen LogP contribution is -2.37. The number of ether oxygens (including phenoxy) is 2. The van der Waals surface area contributed by atoms with Crippen LogP contribution in [0, 0.1) is 21.4 Å². The number of aromatic amines is 1. The highest BCUT2D eigenvalue weighted by Crippen LogP contribution is 2.55. The summed E-state index contributed by atoms with van der Waals surface area (Å²) < 4.78 is 41.3. The van der Waals surface area contributed by atoms with E-state index in [0.29, 0.717) is 36.6 Å². The predicted octanol–water partition coefficient (Wildman–Crippen LogP) is 9.86. The summed E-state index contributed by atoms with van der Waals surface area (Å²) >= 11 is 6.28. The number of nitrogens with one attached hydrogen (secondary N) is 3. The Labute approximate surface area is 366 Å². The van der Waals surface area contributed by atoms with Gasteiger partial charge in [0.05, 0.1) is 21.6 Å². The third-order valence-corrected chi connectivity index (χ3v) is 15.1. The fourth-order valence-corrected chi connectivity index (χ4v) is 10.8. The summed E-state index contributed by atoms with van der Waals surface area (Å²) in [7, 11) is -4.54. The average molecular weight is 879 g/mol. The maximum atomic E-state index is 13.9. The van der Waals surface area contributed by atoms with Gasteiger partial charge in [0.2, 0.25) is 0 Å². The van der Waals surface area contributed by atoms with Gasteiger partial charge in [-0.2, -0.15) is 0 Å². The van der Waals surface area contributed by atoms with Gasteiger partial charge in [-0.25, -0.2) is 18.1 Å². The number of hydrogen-bond acceptors (Lipinski definition) is 10. The molecular formula is C47H51ClN6O7S. The van der Waals surface area contributed by atoms with E-state index in [9.17, 15) is 23.3 Å². The predicted molar refractivity (Wildman–Crippen MR) is 239 cm³/mol. The molecule has 3 N–H and O–H groups in total. The van der Waals surface area contributed by atoms with Gasteiger partial charge in [-0.3, -0.25) is 19.8 Å². The molecule has 0 unspecified atom stereocenters. The second-order valence-electron chi connectivity index (χ2n) is 17.4. The minimum atomic E-state index is -4.54. The van der Waals surface area contributed by atoms with Gasteiger partial charge in [-0.15, -0.1) is 0 Å². The van der Waals surface area contributed by atoms with Crippen molar-refractivity contribution in [2.45, 2.75) is 75.0 Å². The van der Waals surface area contributed by atoms with Crippen molar-refractivity contribution in [3.8, 4) is 11.5 Å². The van der Waals surface area contributed by atoms with E-state index in [0.717, 1.165) is 80.2 Å². The van der Waals surface area contributed by atoms with Crippen LogP contribution in [-0.4, -0.2) is 73.5 Å². The van der Waals surface area contributed by atoms with Gasteiger partial charge in [0.1, 0.15) is 22.8 Å². The molecule has 5 aromatic rings. The van der Waals surface area contributed by atoms with Crippen LogP contribution in [0.2, 0.25) is 5.02 Å². The van der Waals surface area contributed by atoms with Crippen molar-refractivity contribution >= 4 is 55.5 Å². The quantitative estimate of drug-likeness (QED) is 0.0765. The summed E-state index contributed by atoms with van der Waals surface area (Å²) in [4.78, 5) is 35.0. The Balaban J connectivity index is 0.926. The first-order chi connectivity index (χ1) is 30.0. The number of halogens is 1. The van der Waals surface area contributed by atoms with Gasteiger partial charge in [0.25, 0.3) is 21.6 Å².